The first-order chi connectivity index (χ1) is 12.2. The molecular weight excluding hydrogens is 444 g/mol. The van der Waals surface area contributed by atoms with Gasteiger partial charge in [0.15, 0.2) is 0 Å². The molecule has 26 heavy (non-hydrogen) atoms. The highest BCUT2D eigenvalue weighted by atomic mass is 79.9. The van der Waals surface area contributed by atoms with E-state index in [-0.39, 0.29) is 4.90 Å². The summed E-state index contributed by atoms with van der Waals surface area (Å²) in [5.74, 6) is 0.846. The van der Waals surface area contributed by atoms with Gasteiger partial charge in [0.1, 0.15) is 18.1 Å². The molecule has 0 atom stereocenters. The van der Waals surface area contributed by atoms with Crippen LogP contribution in [0.15, 0.2) is 45.8 Å². The molecule has 0 amide bonds. The van der Waals surface area contributed by atoms with E-state index < -0.39 is 10.0 Å². The Morgan fingerprint density at radius 1 is 1.15 bits per heavy atom. The lowest BCUT2D eigenvalue weighted by molar-refractivity contribution is 0.261. The first-order valence-corrected chi connectivity index (χ1v) is 10.3. The second kappa shape index (κ2) is 8.94. The van der Waals surface area contributed by atoms with Crippen molar-refractivity contribution in [2.75, 3.05) is 39.1 Å². The zero-order valence-corrected chi connectivity index (χ0v) is 17.8. The minimum absolute atomic E-state index is 0.0857. The van der Waals surface area contributed by atoms with Gasteiger partial charge in [-0.25, -0.2) is 8.42 Å². The molecule has 0 aliphatic heterocycles. The van der Waals surface area contributed by atoms with Gasteiger partial charge < -0.3 is 14.4 Å². The van der Waals surface area contributed by atoms with E-state index in [2.05, 4.69) is 20.7 Å². The Hall–Kier alpha value is -1.48. The first kappa shape index (κ1) is 20.8. The van der Waals surface area contributed by atoms with Crippen LogP contribution in [0.25, 0.3) is 0 Å². The van der Waals surface area contributed by atoms with Crippen molar-refractivity contribution in [1.29, 1.82) is 0 Å². The van der Waals surface area contributed by atoms with E-state index in [9.17, 15) is 8.42 Å². The standard InChI is InChI=1S/C17H20BrClN2O4S/c1-21(2)8-9-25-17-10-12(4-7-15(17)19)20-26(22,23)13-5-6-14(18)16(11-13)24-3/h4-7,10-11,20H,8-9H2,1-3H3. The summed E-state index contributed by atoms with van der Waals surface area (Å²) in [5, 5.41) is 0.414. The second-order valence-electron chi connectivity index (χ2n) is 5.70. The van der Waals surface area contributed by atoms with Crippen molar-refractivity contribution in [3.05, 3.63) is 45.9 Å². The van der Waals surface area contributed by atoms with Crippen LogP contribution >= 0.6 is 27.5 Å². The maximum absolute atomic E-state index is 12.6. The predicted molar refractivity (Wildman–Crippen MR) is 107 cm³/mol. The number of nitrogens with one attached hydrogen (secondary N) is 1. The lowest BCUT2D eigenvalue weighted by Gasteiger charge is -2.14. The summed E-state index contributed by atoms with van der Waals surface area (Å²) in [7, 11) is 1.55. The molecule has 0 fully saturated rings. The number of likely N-dealkylation sites (N-methyl/N-ethyl adjacent to an activating group) is 1. The Morgan fingerprint density at radius 2 is 1.88 bits per heavy atom. The largest absolute Gasteiger partial charge is 0.496 e. The number of ether oxygens (including phenoxy) is 2. The van der Waals surface area contributed by atoms with Gasteiger partial charge in [0.25, 0.3) is 10.0 Å². The number of benzene rings is 2. The number of rotatable bonds is 8. The van der Waals surface area contributed by atoms with Gasteiger partial charge in [0.05, 0.1) is 27.2 Å². The average Bonchev–Trinajstić information content (AvgIpc) is 2.57. The van der Waals surface area contributed by atoms with Crippen LogP contribution in [-0.4, -0.2) is 47.7 Å². The molecule has 0 aliphatic rings. The maximum atomic E-state index is 12.6. The molecule has 0 radical (unpaired) electrons. The van der Waals surface area contributed by atoms with E-state index in [0.717, 1.165) is 0 Å². The van der Waals surface area contributed by atoms with Gasteiger partial charge in [-0.1, -0.05) is 11.6 Å². The van der Waals surface area contributed by atoms with E-state index >= 15 is 0 Å². The normalized spacial score (nSPS) is 11.5. The Kier molecular flexibility index (Phi) is 7.16. The molecule has 0 unspecified atom stereocenters. The average molecular weight is 464 g/mol. The summed E-state index contributed by atoms with van der Waals surface area (Å²) in [5.41, 5.74) is 0.358. The lowest BCUT2D eigenvalue weighted by Crippen LogP contribution is -2.19. The molecule has 1 N–H and O–H groups in total. The maximum Gasteiger partial charge on any atom is 0.262 e. The SMILES string of the molecule is COc1cc(S(=O)(=O)Nc2ccc(Cl)c(OCCN(C)C)c2)ccc1Br. The van der Waals surface area contributed by atoms with Crippen LogP contribution in [0, 0.1) is 0 Å². The highest BCUT2D eigenvalue weighted by Crippen LogP contribution is 2.31. The number of sulfonamides is 1. The molecule has 0 bridgehead atoms. The zero-order chi connectivity index (χ0) is 19.3. The van der Waals surface area contributed by atoms with E-state index in [1.54, 1.807) is 24.3 Å². The van der Waals surface area contributed by atoms with Crippen LogP contribution in [0.4, 0.5) is 5.69 Å². The predicted octanol–water partition coefficient (Wildman–Crippen LogP) is 3.85. The minimum atomic E-state index is -3.78. The van der Waals surface area contributed by atoms with E-state index in [4.69, 9.17) is 21.1 Å². The highest BCUT2D eigenvalue weighted by Gasteiger charge is 2.17. The third-order valence-electron chi connectivity index (χ3n) is 3.41. The van der Waals surface area contributed by atoms with Crippen LogP contribution < -0.4 is 14.2 Å². The molecule has 0 heterocycles. The molecule has 2 rings (SSSR count). The zero-order valence-electron chi connectivity index (χ0n) is 14.6. The van der Waals surface area contributed by atoms with Crippen molar-refractivity contribution in [2.45, 2.75) is 4.90 Å². The van der Waals surface area contributed by atoms with Crippen molar-refractivity contribution < 1.29 is 17.9 Å². The molecule has 2 aromatic rings. The van der Waals surface area contributed by atoms with Gasteiger partial charge in [0, 0.05) is 18.7 Å². The molecule has 2 aromatic carbocycles. The smallest absolute Gasteiger partial charge is 0.262 e. The fraction of sp³-hybridized carbons (Fsp3) is 0.294. The fourth-order valence-electron chi connectivity index (χ4n) is 2.04. The Bertz CT molecular complexity index is 875. The molecule has 0 spiro atoms. The van der Waals surface area contributed by atoms with Crippen LogP contribution in [0.1, 0.15) is 0 Å². The Balaban J connectivity index is 2.21. The highest BCUT2D eigenvalue weighted by molar-refractivity contribution is 9.10. The van der Waals surface area contributed by atoms with E-state index in [1.807, 2.05) is 19.0 Å². The molecule has 0 saturated heterocycles. The molecule has 0 saturated carbocycles. The van der Waals surface area contributed by atoms with Gasteiger partial charge >= 0.3 is 0 Å². The van der Waals surface area contributed by atoms with Gasteiger partial charge in [-0.15, -0.1) is 0 Å². The molecule has 6 nitrogen and oxygen atoms in total. The van der Waals surface area contributed by atoms with Gasteiger partial charge in [-0.05, 0) is 54.3 Å². The minimum Gasteiger partial charge on any atom is -0.496 e. The van der Waals surface area contributed by atoms with E-state index in [0.29, 0.717) is 39.8 Å². The second-order valence-corrected chi connectivity index (χ2v) is 8.64. The molecular formula is C17H20BrClN2O4S. The Labute approximate surface area is 167 Å². The van der Waals surface area contributed by atoms with Gasteiger partial charge in [-0.2, -0.15) is 0 Å². The topological polar surface area (TPSA) is 67.9 Å². The quantitative estimate of drug-likeness (QED) is 0.644. The van der Waals surface area contributed by atoms with Crippen LogP contribution in [0.2, 0.25) is 5.02 Å². The van der Waals surface area contributed by atoms with Crippen molar-refractivity contribution in [1.82, 2.24) is 4.90 Å². The summed E-state index contributed by atoms with van der Waals surface area (Å²) < 4.78 is 39.2. The van der Waals surface area contributed by atoms with Gasteiger partial charge in [-0.3, -0.25) is 4.72 Å². The monoisotopic (exact) mass is 462 g/mol. The van der Waals surface area contributed by atoms with E-state index in [1.165, 1.54) is 19.2 Å². The molecule has 0 aromatic heterocycles. The summed E-state index contributed by atoms with van der Waals surface area (Å²) in [4.78, 5) is 2.06. The van der Waals surface area contributed by atoms with Crippen molar-refractivity contribution in [2.24, 2.45) is 0 Å². The van der Waals surface area contributed by atoms with Crippen LogP contribution in [0.3, 0.4) is 0 Å². The lowest BCUT2D eigenvalue weighted by atomic mass is 10.3. The summed E-state index contributed by atoms with van der Waals surface area (Å²) in [6.45, 7) is 1.15. The molecule has 142 valence electrons. The van der Waals surface area contributed by atoms with Gasteiger partial charge in [0.2, 0.25) is 0 Å². The van der Waals surface area contributed by atoms with Crippen molar-refractivity contribution in [3.8, 4) is 11.5 Å². The van der Waals surface area contributed by atoms with Crippen LogP contribution in [0.5, 0.6) is 11.5 Å². The van der Waals surface area contributed by atoms with Crippen molar-refractivity contribution in [3.63, 3.8) is 0 Å². The molecule has 9 heteroatoms. The van der Waals surface area contributed by atoms with Crippen LogP contribution in [-0.2, 0) is 10.0 Å². The summed E-state index contributed by atoms with van der Waals surface area (Å²) in [6, 6.07) is 9.27. The number of methoxy groups -OCH3 is 1. The number of hydrogen-bond donors (Lipinski definition) is 1. The van der Waals surface area contributed by atoms with Crippen molar-refractivity contribution >= 4 is 43.2 Å². The first-order valence-electron chi connectivity index (χ1n) is 7.66. The summed E-state index contributed by atoms with van der Waals surface area (Å²) >= 11 is 9.42. The third-order valence-corrected chi connectivity index (χ3v) is 5.76. The number of hydrogen-bond acceptors (Lipinski definition) is 5. The summed E-state index contributed by atoms with van der Waals surface area (Å²) in [6.07, 6.45) is 0. The molecule has 0 aliphatic carbocycles. The number of anilines is 1. The number of halogens is 2. The Morgan fingerprint density at radius 3 is 2.54 bits per heavy atom. The number of nitrogens with zero attached hydrogens (tertiary/aromatic N) is 1. The third kappa shape index (κ3) is 5.51. The fourth-order valence-corrected chi connectivity index (χ4v) is 3.68.